The van der Waals surface area contributed by atoms with Gasteiger partial charge in [-0.2, -0.15) is 0 Å². The number of rotatable bonds is 4. The fourth-order valence-electron chi connectivity index (χ4n) is 2.53. The lowest BCUT2D eigenvalue weighted by molar-refractivity contribution is 0.0252. The van der Waals surface area contributed by atoms with E-state index >= 15 is 0 Å². The lowest BCUT2D eigenvalue weighted by Crippen LogP contribution is -2.40. The molecular weight excluding hydrogens is 280 g/mol. The Hall–Kier alpha value is -1.59. The van der Waals surface area contributed by atoms with Crippen LogP contribution in [-0.4, -0.2) is 48.9 Å². The summed E-state index contributed by atoms with van der Waals surface area (Å²) in [6, 6.07) is 10.3. The highest BCUT2D eigenvalue weighted by Crippen LogP contribution is 2.18. The molecule has 0 spiro atoms. The van der Waals surface area contributed by atoms with Crippen molar-refractivity contribution in [3.8, 4) is 0 Å². The monoisotopic (exact) mass is 306 g/mol. The van der Waals surface area contributed by atoms with Crippen LogP contribution in [0.5, 0.6) is 0 Å². The minimum atomic E-state index is -0.477. The summed E-state index contributed by atoms with van der Waals surface area (Å²) in [6.07, 6.45) is -0.296. The van der Waals surface area contributed by atoms with Crippen molar-refractivity contribution in [2.75, 3.05) is 20.2 Å². The summed E-state index contributed by atoms with van der Waals surface area (Å²) in [5.41, 5.74) is 0.739. The number of methoxy groups -OCH3 is 1. The fraction of sp³-hybridized carbons (Fsp3) is 0.588. The maximum Gasteiger partial charge on any atom is 0.410 e. The van der Waals surface area contributed by atoms with Gasteiger partial charge in [0.1, 0.15) is 5.60 Å². The summed E-state index contributed by atoms with van der Waals surface area (Å²) in [6.45, 7) is 7.53. The molecule has 1 heterocycles. The third-order valence-electron chi connectivity index (χ3n) is 3.63. The Morgan fingerprint density at radius 1 is 1.27 bits per heavy atom. The van der Waals surface area contributed by atoms with Crippen LogP contribution in [0.4, 0.5) is 4.79 Å². The quantitative estimate of drug-likeness (QED) is 0.928. The van der Waals surface area contributed by atoms with Gasteiger partial charge in [-0.05, 0) is 26.3 Å². The third kappa shape index (κ3) is 4.71. The van der Waals surface area contributed by atoms with Crippen molar-refractivity contribution in [2.24, 2.45) is 0 Å². The average Bonchev–Trinajstić information content (AvgIpc) is 2.88. The summed E-state index contributed by atoms with van der Waals surface area (Å²) in [4.78, 5) is 13.9. The van der Waals surface area contributed by atoms with Gasteiger partial charge in [0, 0.05) is 20.2 Å². The number of nitrogens with one attached hydrogen (secondary N) is 1. The predicted octanol–water partition coefficient (Wildman–Crippen LogP) is 2.41. The molecule has 1 amide bonds. The molecule has 122 valence electrons. The maximum absolute atomic E-state index is 12.2. The summed E-state index contributed by atoms with van der Waals surface area (Å²) < 4.78 is 10.9. The molecule has 1 aliphatic heterocycles. The molecule has 1 aromatic carbocycles. The lowest BCUT2D eigenvalue weighted by Gasteiger charge is -2.24. The molecule has 0 aliphatic carbocycles. The minimum Gasteiger partial charge on any atom is -0.444 e. The van der Waals surface area contributed by atoms with Gasteiger partial charge in [0.25, 0.3) is 0 Å². The molecule has 1 aliphatic rings. The van der Waals surface area contributed by atoms with Gasteiger partial charge in [0.15, 0.2) is 0 Å². The van der Waals surface area contributed by atoms with Crippen molar-refractivity contribution < 1.29 is 14.3 Å². The van der Waals surface area contributed by atoms with Crippen LogP contribution in [0.2, 0.25) is 0 Å². The number of hydrogen-bond donors (Lipinski definition) is 1. The van der Waals surface area contributed by atoms with E-state index in [4.69, 9.17) is 9.47 Å². The van der Waals surface area contributed by atoms with Gasteiger partial charge in [-0.25, -0.2) is 4.79 Å². The Bertz CT molecular complexity index is 484. The van der Waals surface area contributed by atoms with Gasteiger partial charge < -0.3 is 19.7 Å². The highest BCUT2D eigenvalue weighted by molar-refractivity contribution is 5.68. The molecule has 0 radical (unpaired) electrons. The van der Waals surface area contributed by atoms with E-state index in [2.05, 4.69) is 17.4 Å². The van der Waals surface area contributed by atoms with Crippen molar-refractivity contribution in [3.63, 3.8) is 0 Å². The number of ether oxygens (including phenoxy) is 2. The van der Waals surface area contributed by atoms with Gasteiger partial charge in [0.05, 0.1) is 18.7 Å². The van der Waals surface area contributed by atoms with Crippen molar-refractivity contribution in [1.29, 1.82) is 0 Å². The van der Waals surface area contributed by atoms with E-state index in [-0.39, 0.29) is 18.2 Å². The van der Waals surface area contributed by atoms with Crippen molar-refractivity contribution in [1.82, 2.24) is 10.2 Å². The van der Waals surface area contributed by atoms with Crippen molar-refractivity contribution >= 4 is 6.09 Å². The molecule has 1 aromatic rings. The number of carbonyl (C=O) groups is 1. The number of carbonyl (C=O) groups excluding carboxylic acids is 1. The van der Waals surface area contributed by atoms with Gasteiger partial charge >= 0.3 is 6.09 Å². The predicted molar refractivity (Wildman–Crippen MR) is 85.7 cm³/mol. The smallest absolute Gasteiger partial charge is 0.410 e. The molecule has 0 aromatic heterocycles. The second-order valence-corrected chi connectivity index (χ2v) is 6.63. The molecule has 0 saturated carbocycles. The van der Waals surface area contributed by atoms with E-state index in [0.717, 1.165) is 6.54 Å². The van der Waals surface area contributed by atoms with Gasteiger partial charge in [-0.3, -0.25) is 0 Å². The van der Waals surface area contributed by atoms with Gasteiger partial charge in [-0.1, -0.05) is 30.3 Å². The maximum atomic E-state index is 12.2. The first-order chi connectivity index (χ1) is 10.4. The molecule has 0 bridgehead atoms. The molecular formula is C17H26N2O3. The molecule has 2 rings (SSSR count). The van der Waals surface area contributed by atoms with E-state index in [9.17, 15) is 4.79 Å². The van der Waals surface area contributed by atoms with Crippen LogP contribution >= 0.6 is 0 Å². The van der Waals surface area contributed by atoms with Crippen LogP contribution in [-0.2, 0) is 16.0 Å². The van der Waals surface area contributed by atoms with Crippen LogP contribution in [0.15, 0.2) is 30.3 Å². The molecule has 1 N–H and O–H groups in total. The third-order valence-corrected chi connectivity index (χ3v) is 3.63. The number of benzene rings is 1. The first-order valence-electron chi connectivity index (χ1n) is 7.67. The van der Waals surface area contributed by atoms with Crippen LogP contribution in [0.3, 0.4) is 0 Å². The van der Waals surface area contributed by atoms with E-state index in [0.29, 0.717) is 13.1 Å². The van der Waals surface area contributed by atoms with Crippen LogP contribution < -0.4 is 5.32 Å². The Morgan fingerprint density at radius 2 is 1.95 bits per heavy atom. The molecule has 5 heteroatoms. The van der Waals surface area contributed by atoms with Gasteiger partial charge in [-0.15, -0.1) is 0 Å². The highest BCUT2D eigenvalue weighted by Gasteiger charge is 2.36. The number of amides is 1. The van der Waals surface area contributed by atoms with Crippen molar-refractivity contribution in [3.05, 3.63) is 35.9 Å². The zero-order chi connectivity index (χ0) is 16.2. The van der Waals surface area contributed by atoms with E-state index in [1.54, 1.807) is 12.0 Å². The molecule has 1 fully saturated rings. The average molecular weight is 306 g/mol. The second kappa shape index (κ2) is 7.11. The molecule has 22 heavy (non-hydrogen) atoms. The first kappa shape index (κ1) is 16.8. The van der Waals surface area contributed by atoms with Crippen LogP contribution in [0.1, 0.15) is 26.3 Å². The summed E-state index contributed by atoms with van der Waals surface area (Å²) in [5.74, 6) is 0. The Labute approximate surface area is 132 Å². The Morgan fingerprint density at radius 3 is 2.55 bits per heavy atom. The normalized spacial score (nSPS) is 21.9. The number of likely N-dealkylation sites (tertiary alicyclic amines) is 1. The Kier molecular flexibility index (Phi) is 5.42. The largest absolute Gasteiger partial charge is 0.444 e. The zero-order valence-electron chi connectivity index (χ0n) is 13.8. The second-order valence-electron chi connectivity index (χ2n) is 6.63. The fourth-order valence-corrected chi connectivity index (χ4v) is 2.53. The SMILES string of the molecule is CO[C@H]1CN(C(=O)OC(C)(C)C)CC1NCc1ccccc1. The van der Waals surface area contributed by atoms with Crippen LogP contribution in [0, 0.1) is 0 Å². The molecule has 1 unspecified atom stereocenters. The van der Waals surface area contributed by atoms with E-state index in [1.807, 2.05) is 39.0 Å². The molecule has 1 saturated heterocycles. The standard InChI is InChI=1S/C17H26N2O3/c1-17(2,3)22-16(20)19-11-14(15(12-19)21-4)18-10-13-8-6-5-7-9-13/h5-9,14-15,18H,10-12H2,1-4H3/t14?,15-/m0/s1. The highest BCUT2D eigenvalue weighted by atomic mass is 16.6. The Balaban J connectivity index is 1.90. The molecule has 5 nitrogen and oxygen atoms in total. The summed E-state index contributed by atoms with van der Waals surface area (Å²) in [7, 11) is 1.68. The summed E-state index contributed by atoms with van der Waals surface area (Å²) >= 11 is 0. The van der Waals surface area contributed by atoms with Crippen molar-refractivity contribution in [2.45, 2.75) is 45.1 Å². The topological polar surface area (TPSA) is 50.8 Å². The minimum absolute atomic E-state index is 0.0174. The summed E-state index contributed by atoms with van der Waals surface area (Å²) in [5, 5.41) is 3.47. The zero-order valence-corrected chi connectivity index (χ0v) is 13.8. The number of hydrogen-bond acceptors (Lipinski definition) is 4. The molecule has 2 atom stereocenters. The van der Waals surface area contributed by atoms with E-state index in [1.165, 1.54) is 5.56 Å². The van der Waals surface area contributed by atoms with Crippen LogP contribution in [0.25, 0.3) is 0 Å². The number of nitrogens with zero attached hydrogens (tertiary/aromatic N) is 1. The van der Waals surface area contributed by atoms with Gasteiger partial charge in [0.2, 0.25) is 0 Å². The van der Waals surface area contributed by atoms with E-state index < -0.39 is 5.60 Å². The lowest BCUT2D eigenvalue weighted by atomic mass is 10.2. The first-order valence-corrected chi connectivity index (χ1v) is 7.67.